The van der Waals surface area contributed by atoms with Crippen molar-refractivity contribution in [2.75, 3.05) is 41.3 Å². The number of fused-ring (bicyclic) bond motifs is 2. The molecule has 10 nitrogen and oxygen atoms in total. The second kappa shape index (κ2) is 9.44. The van der Waals surface area contributed by atoms with Gasteiger partial charge in [-0.2, -0.15) is 0 Å². The predicted octanol–water partition coefficient (Wildman–Crippen LogP) is 1.97. The first-order chi connectivity index (χ1) is 15.8. The smallest absolute Gasteiger partial charge is 0.256 e. The van der Waals surface area contributed by atoms with Gasteiger partial charge in [-0.3, -0.25) is 13.4 Å². The van der Waals surface area contributed by atoms with E-state index in [1.165, 1.54) is 10.2 Å². The fourth-order valence-corrected chi connectivity index (χ4v) is 5.48. The minimum absolute atomic E-state index is 0.154. The lowest BCUT2D eigenvalue weighted by Gasteiger charge is -2.34. The Balaban J connectivity index is 0.000000172. The van der Waals surface area contributed by atoms with Crippen LogP contribution in [-0.2, 0) is 17.2 Å². The maximum Gasteiger partial charge on any atom is 0.256 e. The molecule has 0 aliphatic carbocycles. The lowest BCUT2D eigenvalue weighted by molar-refractivity contribution is 0.100. The van der Waals surface area contributed by atoms with E-state index in [-0.39, 0.29) is 16.6 Å². The first kappa shape index (κ1) is 23.1. The maximum absolute atomic E-state index is 11.8. The zero-order valence-electron chi connectivity index (χ0n) is 18.5. The molecule has 1 amide bonds. The van der Waals surface area contributed by atoms with E-state index < -0.39 is 16.7 Å². The number of carbonyl (C=O) groups excluding carboxylic acids is 1. The van der Waals surface area contributed by atoms with E-state index >= 15 is 0 Å². The van der Waals surface area contributed by atoms with Crippen LogP contribution in [0.25, 0.3) is 11.7 Å². The summed E-state index contributed by atoms with van der Waals surface area (Å²) in [7, 11) is -0.709. The Bertz CT molecular complexity index is 1250. The van der Waals surface area contributed by atoms with Crippen LogP contribution in [0.15, 0.2) is 24.7 Å². The van der Waals surface area contributed by atoms with Gasteiger partial charge in [0.25, 0.3) is 5.91 Å². The van der Waals surface area contributed by atoms with Crippen molar-refractivity contribution >= 4 is 57.5 Å². The SMILES string of the molecule is CCc1cc(Cl)c2cncn2c1N1CCS(=O)[C@@H](C)C1.NC(=O)c1c(N)nn2c1NCC=C2. The van der Waals surface area contributed by atoms with Gasteiger partial charge in [0.05, 0.1) is 16.7 Å². The van der Waals surface area contributed by atoms with Crippen LogP contribution in [-0.4, -0.2) is 59.9 Å². The monoisotopic (exact) mass is 490 g/mol. The summed E-state index contributed by atoms with van der Waals surface area (Å²) < 4.78 is 15.4. The standard InChI is InChI=1S/C14H18ClN3OS.C7H9N5O/c1-3-11-6-12(15)13-7-16-9-18(13)14(11)17-4-5-20(19)10(2)8-17;8-5-4(6(9)13)7-10-2-1-3-12(7)11-5/h6-7,9-10H,3-5,8H2,1-2H3;1,3,10H,2H2,(H2,8,11)(H2,9,13)/t10-,20?;/m0./s1. The molecule has 5 rings (SSSR count). The molecule has 5 heterocycles. The van der Waals surface area contributed by atoms with E-state index in [9.17, 15) is 9.00 Å². The number of nitrogens with one attached hydrogen (secondary N) is 1. The van der Waals surface area contributed by atoms with Crippen LogP contribution in [0.4, 0.5) is 17.5 Å². The second-order valence-electron chi connectivity index (χ2n) is 7.87. The van der Waals surface area contributed by atoms with Gasteiger partial charge in [-0.05, 0) is 31.1 Å². The predicted molar refractivity (Wildman–Crippen MR) is 133 cm³/mol. The molecule has 33 heavy (non-hydrogen) atoms. The van der Waals surface area contributed by atoms with Crippen LogP contribution < -0.4 is 21.7 Å². The number of amides is 1. The number of rotatable bonds is 3. The van der Waals surface area contributed by atoms with Gasteiger partial charge in [-0.25, -0.2) is 9.67 Å². The average molecular weight is 491 g/mol. The third-order valence-corrected chi connectivity index (χ3v) is 7.62. The molecule has 176 valence electrons. The normalized spacial score (nSPS) is 19.5. The number of aryl methyl sites for hydroxylation is 1. The van der Waals surface area contributed by atoms with Gasteiger partial charge >= 0.3 is 0 Å². The number of nitrogens with zero attached hydrogens (tertiary/aromatic N) is 5. The molecule has 12 heteroatoms. The molecule has 3 aromatic heterocycles. The Kier molecular flexibility index (Phi) is 6.61. The highest BCUT2D eigenvalue weighted by Crippen LogP contribution is 2.30. The van der Waals surface area contributed by atoms with Crippen molar-refractivity contribution < 1.29 is 9.00 Å². The topological polar surface area (TPSA) is 137 Å². The molecule has 0 spiro atoms. The van der Waals surface area contributed by atoms with Gasteiger partial charge in [0.1, 0.15) is 23.5 Å². The lowest BCUT2D eigenvalue weighted by Crippen LogP contribution is -2.44. The largest absolute Gasteiger partial charge is 0.381 e. The van der Waals surface area contributed by atoms with E-state index in [1.807, 2.05) is 18.5 Å². The number of imidazole rings is 1. The zero-order chi connectivity index (χ0) is 23.7. The van der Waals surface area contributed by atoms with Crippen molar-refractivity contribution in [2.24, 2.45) is 5.73 Å². The number of pyridine rings is 1. The van der Waals surface area contributed by atoms with Crippen LogP contribution in [0.3, 0.4) is 0 Å². The number of hydrogen-bond acceptors (Lipinski definition) is 7. The number of nitrogen functional groups attached to an aromatic ring is 1. The summed E-state index contributed by atoms with van der Waals surface area (Å²) in [5.74, 6) is 2.02. The van der Waals surface area contributed by atoms with Gasteiger partial charge in [0.2, 0.25) is 0 Å². The Morgan fingerprint density at radius 1 is 1.42 bits per heavy atom. The number of halogens is 1. The zero-order valence-corrected chi connectivity index (χ0v) is 20.1. The van der Waals surface area contributed by atoms with Crippen LogP contribution >= 0.6 is 11.6 Å². The minimum Gasteiger partial charge on any atom is -0.381 e. The fourth-order valence-electron chi connectivity index (χ4n) is 4.06. The lowest BCUT2D eigenvalue weighted by atomic mass is 10.1. The molecule has 2 aliphatic heterocycles. The van der Waals surface area contributed by atoms with E-state index in [0.717, 1.165) is 41.6 Å². The Morgan fingerprint density at radius 3 is 2.91 bits per heavy atom. The molecule has 3 aromatic rings. The van der Waals surface area contributed by atoms with Gasteiger partial charge < -0.3 is 21.7 Å². The molecule has 0 radical (unpaired) electrons. The highest BCUT2D eigenvalue weighted by Gasteiger charge is 2.26. The molecule has 5 N–H and O–H groups in total. The van der Waals surface area contributed by atoms with Crippen molar-refractivity contribution in [3.05, 3.63) is 40.8 Å². The third kappa shape index (κ3) is 4.42. The quantitative estimate of drug-likeness (QED) is 0.510. The summed E-state index contributed by atoms with van der Waals surface area (Å²) in [6.45, 7) is 6.46. The number of anilines is 3. The van der Waals surface area contributed by atoms with Crippen LogP contribution in [0, 0.1) is 0 Å². The molecule has 2 atom stereocenters. The number of nitrogens with two attached hydrogens (primary N) is 2. The Labute approximate surface area is 199 Å². The molecule has 1 unspecified atom stereocenters. The van der Waals surface area contributed by atoms with E-state index in [1.54, 1.807) is 12.4 Å². The summed E-state index contributed by atoms with van der Waals surface area (Å²) in [5, 5.41) is 7.81. The van der Waals surface area contributed by atoms with Crippen LogP contribution in [0.1, 0.15) is 29.8 Å². The van der Waals surface area contributed by atoms with Crippen molar-refractivity contribution in [3.8, 4) is 0 Å². The van der Waals surface area contributed by atoms with Crippen molar-refractivity contribution in [1.82, 2.24) is 19.2 Å². The van der Waals surface area contributed by atoms with Crippen LogP contribution in [0.2, 0.25) is 5.02 Å². The number of aromatic nitrogens is 4. The summed E-state index contributed by atoms with van der Waals surface area (Å²) in [4.78, 5) is 17.5. The highest BCUT2D eigenvalue weighted by atomic mass is 35.5. The van der Waals surface area contributed by atoms with Gasteiger partial charge in [-0.15, -0.1) is 5.10 Å². The van der Waals surface area contributed by atoms with Gasteiger partial charge in [-0.1, -0.05) is 18.5 Å². The minimum atomic E-state index is -0.709. The van der Waals surface area contributed by atoms with Crippen molar-refractivity contribution in [3.63, 3.8) is 0 Å². The highest BCUT2D eigenvalue weighted by molar-refractivity contribution is 7.85. The van der Waals surface area contributed by atoms with E-state index in [0.29, 0.717) is 12.4 Å². The van der Waals surface area contributed by atoms with Crippen LogP contribution in [0.5, 0.6) is 0 Å². The van der Waals surface area contributed by atoms with Crippen molar-refractivity contribution in [2.45, 2.75) is 25.5 Å². The van der Waals surface area contributed by atoms with Gasteiger partial charge in [0, 0.05) is 47.6 Å². The number of hydrogen-bond donors (Lipinski definition) is 3. The molecular formula is C21H27ClN8O2S. The Hall–Kier alpha value is -3.05. The fraction of sp³-hybridized carbons (Fsp3) is 0.381. The summed E-state index contributed by atoms with van der Waals surface area (Å²) >= 11 is 6.32. The van der Waals surface area contributed by atoms with Gasteiger partial charge in [0.15, 0.2) is 5.82 Å². The summed E-state index contributed by atoms with van der Waals surface area (Å²) in [6.07, 6.45) is 8.11. The molecule has 0 aromatic carbocycles. The maximum atomic E-state index is 11.8. The van der Waals surface area contributed by atoms with E-state index in [4.69, 9.17) is 23.1 Å². The summed E-state index contributed by atoms with van der Waals surface area (Å²) in [6, 6.07) is 2.03. The number of carbonyl (C=O) groups is 1. The van der Waals surface area contributed by atoms with E-state index in [2.05, 4.69) is 38.5 Å². The molecular weight excluding hydrogens is 464 g/mol. The number of primary amides is 1. The Morgan fingerprint density at radius 2 is 2.21 bits per heavy atom. The first-order valence-electron chi connectivity index (χ1n) is 10.7. The second-order valence-corrected chi connectivity index (χ2v) is 10.3. The summed E-state index contributed by atoms with van der Waals surface area (Å²) in [5.41, 5.74) is 13.1. The van der Waals surface area contributed by atoms with Crippen molar-refractivity contribution in [1.29, 1.82) is 0 Å². The molecule has 0 saturated carbocycles. The molecule has 1 fully saturated rings. The third-order valence-electron chi connectivity index (χ3n) is 5.69. The molecule has 0 bridgehead atoms. The molecule has 2 aliphatic rings. The first-order valence-corrected chi connectivity index (χ1v) is 12.4. The molecule has 1 saturated heterocycles. The average Bonchev–Trinajstić information content (AvgIpc) is 3.40.